The summed E-state index contributed by atoms with van der Waals surface area (Å²) in [6.45, 7) is 6.89. The molecule has 2 aliphatic rings. The topological polar surface area (TPSA) is 73.3 Å². The summed E-state index contributed by atoms with van der Waals surface area (Å²) >= 11 is 0. The first-order valence-electron chi connectivity index (χ1n) is 9.45. The van der Waals surface area contributed by atoms with Gasteiger partial charge in [-0.15, -0.1) is 0 Å². The summed E-state index contributed by atoms with van der Waals surface area (Å²) in [5.74, 6) is 2.40. The summed E-state index contributed by atoms with van der Waals surface area (Å²) in [7, 11) is 0. The summed E-state index contributed by atoms with van der Waals surface area (Å²) in [5, 5.41) is 6.61. The van der Waals surface area contributed by atoms with E-state index >= 15 is 0 Å². The normalized spacial score (nSPS) is 19.0. The first-order chi connectivity index (χ1) is 12.8. The van der Waals surface area contributed by atoms with E-state index in [1.165, 1.54) is 0 Å². The number of guanidine groups is 1. The Kier molecular flexibility index (Phi) is 7.39. The maximum Gasteiger partial charge on any atom is 0.231 e. The molecule has 7 heteroatoms. The summed E-state index contributed by atoms with van der Waals surface area (Å²) in [5.41, 5.74) is 1.09. The molecule has 0 bridgehead atoms. The fourth-order valence-corrected chi connectivity index (χ4v) is 2.92. The molecule has 0 amide bonds. The van der Waals surface area contributed by atoms with Crippen LogP contribution in [0.3, 0.4) is 0 Å². The molecule has 0 aromatic heterocycles. The second kappa shape index (κ2) is 10.2. The van der Waals surface area contributed by atoms with Crippen molar-refractivity contribution in [3.63, 3.8) is 0 Å². The van der Waals surface area contributed by atoms with E-state index in [4.69, 9.17) is 18.9 Å². The Hall–Kier alpha value is -1.99. The van der Waals surface area contributed by atoms with E-state index in [0.29, 0.717) is 26.0 Å². The van der Waals surface area contributed by atoms with Gasteiger partial charge < -0.3 is 29.6 Å². The summed E-state index contributed by atoms with van der Waals surface area (Å²) in [4.78, 5) is 4.63. The van der Waals surface area contributed by atoms with E-state index in [-0.39, 0.29) is 0 Å². The number of nitrogens with zero attached hydrogens (tertiary/aromatic N) is 1. The number of benzene rings is 1. The largest absolute Gasteiger partial charge is 0.454 e. The molecule has 1 fully saturated rings. The lowest BCUT2D eigenvalue weighted by molar-refractivity contribution is 0.0168. The molecule has 1 aromatic carbocycles. The number of rotatable bonds is 9. The molecule has 2 aliphatic heterocycles. The molecule has 144 valence electrons. The van der Waals surface area contributed by atoms with Crippen LogP contribution in [0.2, 0.25) is 0 Å². The van der Waals surface area contributed by atoms with Gasteiger partial charge in [-0.25, -0.2) is 4.99 Å². The molecule has 1 unspecified atom stereocenters. The number of hydrogen-bond acceptors (Lipinski definition) is 5. The zero-order valence-electron chi connectivity index (χ0n) is 15.5. The van der Waals surface area contributed by atoms with Crippen LogP contribution in [0.1, 0.15) is 31.7 Å². The van der Waals surface area contributed by atoms with Gasteiger partial charge in [0.25, 0.3) is 0 Å². The lowest BCUT2D eigenvalue weighted by Crippen LogP contribution is -2.38. The van der Waals surface area contributed by atoms with Crippen LogP contribution in [0, 0.1) is 0 Å². The summed E-state index contributed by atoms with van der Waals surface area (Å²) in [6, 6.07) is 5.92. The van der Waals surface area contributed by atoms with Crippen LogP contribution in [0.25, 0.3) is 0 Å². The average molecular weight is 363 g/mol. The van der Waals surface area contributed by atoms with E-state index < -0.39 is 0 Å². The Morgan fingerprint density at radius 1 is 1.27 bits per heavy atom. The molecule has 0 spiro atoms. The molecule has 1 aromatic rings. The van der Waals surface area contributed by atoms with Gasteiger partial charge in [-0.1, -0.05) is 6.07 Å². The minimum Gasteiger partial charge on any atom is -0.454 e. The molecule has 7 nitrogen and oxygen atoms in total. The number of ether oxygens (including phenoxy) is 4. The van der Waals surface area contributed by atoms with Crippen molar-refractivity contribution < 1.29 is 18.9 Å². The SMILES string of the molecule is CCNC(=NCc1ccc2c(c1)OCO2)NCCCOCC1CCCO1. The van der Waals surface area contributed by atoms with Gasteiger partial charge in [0.1, 0.15) is 0 Å². The summed E-state index contributed by atoms with van der Waals surface area (Å²) in [6.07, 6.45) is 3.50. The van der Waals surface area contributed by atoms with E-state index in [1.807, 2.05) is 18.2 Å². The van der Waals surface area contributed by atoms with Gasteiger partial charge in [0.15, 0.2) is 17.5 Å². The molecular formula is C19H29N3O4. The fourth-order valence-electron chi connectivity index (χ4n) is 2.92. The lowest BCUT2D eigenvalue weighted by Gasteiger charge is -2.12. The number of hydrogen-bond donors (Lipinski definition) is 2. The van der Waals surface area contributed by atoms with E-state index in [2.05, 4.69) is 22.5 Å². The first kappa shape index (κ1) is 18.8. The monoisotopic (exact) mass is 363 g/mol. The van der Waals surface area contributed by atoms with Crippen molar-refractivity contribution in [1.29, 1.82) is 0 Å². The Labute approximate surface area is 155 Å². The highest BCUT2D eigenvalue weighted by molar-refractivity contribution is 5.79. The number of nitrogens with one attached hydrogen (secondary N) is 2. The van der Waals surface area contributed by atoms with Gasteiger partial charge in [-0.3, -0.25) is 0 Å². The van der Waals surface area contributed by atoms with Crippen molar-refractivity contribution in [3.8, 4) is 11.5 Å². The highest BCUT2D eigenvalue weighted by Gasteiger charge is 2.15. The zero-order valence-corrected chi connectivity index (χ0v) is 15.5. The molecule has 2 heterocycles. The highest BCUT2D eigenvalue weighted by atomic mass is 16.7. The molecule has 26 heavy (non-hydrogen) atoms. The van der Waals surface area contributed by atoms with Crippen LogP contribution < -0.4 is 20.1 Å². The minimum atomic E-state index is 0.293. The quantitative estimate of drug-likeness (QED) is 0.397. The predicted molar refractivity (Wildman–Crippen MR) is 99.8 cm³/mol. The second-order valence-electron chi connectivity index (χ2n) is 6.37. The number of fused-ring (bicyclic) bond motifs is 1. The number of aliphatic imine (C=N–C) groups is 1. The van der Waals surface area contributed by atoms with Crippen LogP contribution in [-0.2, 0) is 16.0 Å². The van der Waals surface area contributed by atoms with Gasteiger partial charge in [-0.2, -0.15) is 0 Å². The van der Waals surface area contributed by atoms with Crippen LogP contribution in [0.4, 0.5) is 0 Å². The van der Waals surface area contributed by atoms with Crippen LogP contribution in [0.15, 0.2) is 23.2 Å². The molecule has 1 saturated heterocycles. The molecule has 0 radical (unpaired) electrons. The molecular weight excluding hydrogens is 334 g/mol. The maximum absolute atomic E-state index is 5.68. The van der Waals surface area contributed by atoms with Crippen LogP contribution >= 0.6 is 0 Å². The predicted octanol–water partition coefficient (Wildman–Crippen LogP) is 2.06. The van der Waals surface area contributed by atoms with Gasteiger partial charge in [0.2, 0.25) is 6.79 Å². The zero-order chi connectivity index (χ0) is 18.0. The lowest BCUT2D eigenvalue weighted by atomic mass is 10.2. The molecule has 0 aliphatic carbocycles. The van der Waals surface area contributed by atoms with Crippen molar-refractivity contribution in [3.05, 3.63) is 23.8 Å². The highest BCUT2D eigenvalue weighted by Crippen LogP contribution is 2.32. The molecule has 1 atom stereocenters. The van der Waals surface area contributed by atoms with Crippen LogP contribution in [0.5, 0.6) is 11.5 Å². The van der Waals surface area contributed by atoms with E-state index in [1.54, 1.807) is 0 Å². The van der Waals surface area contributed by atoms with Crippen molar-refractivity contribution >= 4 is 5.96 Å². The van der Waals surface area contributed by atoms with Crippen LogP contribution in [-0.4, -0.2) is 51.8 Å². The van der Waals surface area contributed by atoms with Crippen molar-refractivity contribution in [1.82, 2.24) is 10.6 Å². The Balaban J connectivity index is 1.36. The van der Waals surface area contributed by atoms with Gasteiger partial charge in [0.05, 0.1) is 19.3 Å². The van der Waals surface area contributed by atoms with E-state index in [9.17, 15) is 0 Å². The third kappa shape index (κ3) is 5.78. The van der Waals surface area contributed by atoms with Gasteiger partial charge >= 0.3 is 0 Å². The van der Waals surface area contributed by atoms with Crippen molar-refractivity contribution in [2.45, 2.75) is 38.8 Å². The Morgan fingerprint density at radius 2 is 2.19 bits per heavy atom. The van der Waals surface area contributed by atoms with Gasteiger partial charge in [-0.05, 0) is 43.9 Å². The third-order valence-electron chi connectivity index (χ3n) is 4.29. The van der Waals surface area contributed by atoms with Crippen molar-refractivity contribution in [2.75, 3.05) is 39.7 Å². The Bertz CT molecular complexity index is 588. The van der Waals surface area contributed by atoms with E-state index in [0.717, 1.165) is 68.6 Å². The maximum atomic E-state index is 5.68. The van der Waals surface area contributed by atoms with Gasteiger partial charge in [0, 0.05) is 26.3 Å². The Morgan fingerprint density at radius 3 is 3.04 bits per heavy atom. The molecule has 2 N–H and O–H groups in total. The second-order valence-corrected chi connectivity index (χ2v) is 6.37. The molecule has 0 saturated carbocycles. The average Bonchev–Trinajstić information content (AvgIpc) is 3.33. The molecule has 3 rings (SSSR count). The fraction of sp³-hybridized carbons (Fsp3) is 0.632. The summed E-state index contributed by atoms with van der Waals surface area (Å²) < 4.78 is 22.0. The smallest absolute Gasteiger partial charge is 0.231 e. The van der Waals surface area contributed by atoms with Crippen molar-refractivity contribution in [2.24, 2.45) is 4.99 Å². The minimum absolute atomic E-state index is 0.293. The standard InChI is InChI=1S/C19H29N3O4/c1-2-20-19(21-8-4-9-23-13-16-5-3-10-24-16)22-12-15-6-7-17-18(11-15)26-14-25-17/h6-7,11,16H,2-5,8-10,12-14H2,1H3,(H2,20,21,22). The third-order valence-corrected chi connectivity index (χ3v) is 4.29. The first-order valence-corrected chi connectivity index (χ1v) is 9.45.